The second kappa shape index (κ2) is 6.18. The maximum absolute atomic E-state index is 5.93. The highest BCUT2D eigenvalue weighted by atomic mass is 35.5. The number of hydrogen-bond acceptors (Lipinski definition) is 4. The second-order valence-electron chi connectivity index (χ2n) is 5.28. The fraction of sp³-hybridized carbons (Fsp3) is 0.643. The molecule has 0 spiro atoms. The van der Waals surface area contributed by atoms with Crippen molar-refractivity contribution in [2.75, 3.05) is 39.4 Å². The van der Waals surface area contributed by atoms with Gasteiger partial charge in [0.15, 0.2) is 0 Å². The summed E-state index contributed by atoms with van der Waals surface area (Å²) >= 11 is 5.93. The number of ether oxygens (including phenoxy) is 1. The first-order valence-electron chi connectivity index (χ1n) is 6.97. The summed E-state index contributed by atoms with van der Waals surface area (Å²) in [6, 6.07) is 6.53. The Kier molecular flexibility index (Phi) is 4.33. The highest BCUT2D eigenvalue weighted by Gasteiger charge is 2.28. The first-order valence-corrected chi connectivity index (χ1v) is 7.34. The summed E-state index contributed by atoms with van der Waals surface area (Å²) in [6.07, 6.45) is 1.25. The Balaban J connectivity index is 1.54. The molecule has 0 saturated carbocycles. The molecule has 1 aromatic rings. The van der Waals surface area contributed by atoms with Crippen molar-refractivity contribution in [1.82, 2.24) is 14.8 Å². The van der Waals surface area contributed by atoms with E-state index in [9.17, 15) is 0 Å². The van der Waals surface area contributed by atoms with Crippen LogP contribution in [0, 0.1) is 0 Å². The van der Waals surface area contributed by atoms with Crippen LogP contribution in [0.15, 0.2) is 18.2 Å². The first-order chi connectivity index (χ1) is 9.31. The summed E-state index contributed by atoms with van der Waals surface area (Å²) in [5, 5.41) is 0.585. The van der Waals surface area contributed by atoms with Gasteiger partial charge in [-0.05, 0) is 18.6 Å². The molecule has 104 valence electrons. The van der Waals surface area contributed by atoms with E-state index >= 15 is 0 Å². The molecular weight excluding hydrogens is 262 g/mol. The van der Waals surface area contributed by atoms with Crippen LogP contribution in [0.5, 0.6) is 0 Å². The van der Waals surface area contributed by atoms with Crippen molar-refractivity contribution in [3.8, 4) is 0 Å². The van der Waals surface area contributed by atoms with Gasteiger partial charge in [0, 0.05) is 38.8 Å². The highest BCUT2D eigenvalue weighted by Crippen LogP contribution is 2.19. The average Bonchev–Trinajstić information content (AvgIpc) is 2.88. The molecule has 2 saturated heterocycles. The molecule has 2 aliphatic rings. The zero-order chi connectivity index (χ0) is 13.1. The Hall–Kier alpha value is -0.680. The van der Waals surface area contributed by atoms with Crippen molar-refractivity contribution in [2.24, 2.45) is 0 Å². The van der Waals surface area contributed by atoms with Crippen LogP contribution >= 0.6 is 11.6 Å². The van der Waals surface area contributed by atoms with Gasteiger partial charge in [-0.25, -0.2) is 4.98 Å². The van der Waals surface area contributed by atoms with E-state index in [0.29, 0.717) is 11.2 Å². The van der Waals surface area contributed by atoms with Gasteiger partial charge in [-0.2, -0.15) is 0 Å². The number of aromatic nitrogens is 1. The maximum Gasteiger partial charge on any atom is 0.129 e. The van der Waals surface area contributed by atoms with E-state index < -0.39 is 0 Å². The third-order valence-electron chi connectivity index (χ3n) is 3.97. The summed E-state index contributed by atoms with van der Waals surface area (Å²) in [4.78, 5) is 9.40. The van der Waals surface area contributed by atoms with Gasteiger partial charge in [0.2, 0.25) is 0 Å². The number of morpholine rings is 1. The van der Waals surface area contributed by atoms with E-state index in [4.69, 9.17) is 16.3 Å². The molecule has 0 radical (unpaired) electrons. The van der Waals surface area contributed by atoms with E-state index in [1.54, 1.807) is 0 Å². The van der Waals surface area contributed by atoms with Crippen molar-refractivity contribution in [3.63, 3.8) is 0 Å². The van der Waals surface area contributed by atoms with Crippen LogP contribution in [0.4, 0.5) is 0 Å². The van der Waals surface area contributed by atoms with Crippen molar-refractivity contribution >= 4 is 11.6 Å². The standard InChI is InChI=1S/C14H20ClN3O/c15-14-3-1-2-12(16-14)10-17-5-4-13(11-17)18-6-8-19-9-7-18/h1-3,13H,4-11H2. The molecule has 3 heterocycles. The molecule has 0 amide bonds. The number of nitrogens with zero attached hydrogens (tertiary/aromatic N) is 3. The fourth-order valence-corrected chi connectivity index (χ4v) is 3.15. The minimum atomic E-state index is 0.585. The summed E-state index contributed by atoms with van der Waals surface area (Å²) in [7, 11) is 0. The van der Waals surface area contributed by atoms with Crippen molar-refractivity contribution in [2.45, 2.75) is 19.0 Å². The lowest BCUT2D eigenvalue weighted by atomic mass is 10.2. The Morgan fingerprint density at radius 2 is 2.11 bits per heavy atom. The van der Waals surface area contributed by atoms with E-state index in [-0.39, 0.29) is 0 Å². The van der Waals surface area contributed by atoms with E-state index in [0.717, 1.165) is 51.6 Å². The van der Waals surface area contributed by atoms with Crippen LogP contribution in [-0.4, -0.2) is 60.2 Å². The molecule has 0 N–H and O–H groups in total. The molecule has 5 heteroatoms. The SMILES string of the molecule is Clc1cccc(CN2CCC(N3CCOCC3)C2)n1. The van der Waals surface area contributed by atoms with Crippen LogP contribution in [0.2, 0.25) is 5.15 Å². The van der Waals surface area contributed by atoms with E-state index in [1.807, 2.05) is 18.2 Å². The Bertz CT molecular complexity index is 423. The molecule has 0 aromatic carbocycles. The van der Waals surface area contributed by atoms with Crippen LogP contribution in [0.3, 0.4) is 0 Å². The fourth-order valence-electron chi connectivity index (χ4n) is 2.96. The lowest BCUT2D eigenvalue weighted by molar-refractivity contribution is 0.0183. The van der Waals surface area contributed by atoms with E-state index in [1.165, 1.54) is 6.42 Å². The molecule has 19 heavy (non-hydrogen) atoms. The summed E-state index contributed by atoms with van der Waals surface area (Å²) < 4.78 is 5.42. The van der Waals surface area contributed by atoms with Crippen LogP contribution < -0.4 is 0 Å². The number of likely N-dealkylation sites (tertiary alicyclic amines) is 1. The third kappa shape index (κ3) is 3.45. The first kappa shape index (κ1) is 13.3. The third-order valence-corrected chi connectivity index (χ3v) is 4.18. The monoisotopic (exact) mass is 281 g/mol. The molecule has 1 aromatic heterocycles. The van der Waals surface area contributed by atoms with Gasteiger partial charge in [-0.3, -0.25) is 9.80 Å². The summed E-state index contributed by atoms with van der Waals surface area (Å²) in [6.45, 7) is 7.10. The molecule has 0 bridgehead atoms. The normalized spacial score (nSPS) is 25.8. The zero-order valence-corrected chi connectivity index (χ0v) is 11.9. The quantitative estimate of drug-likeness (QED) is 0.788. The molecule has 2 aliphatic heterocycles. The van der Waals surface area contributed by atoms with Gasteiger partial charge in [-0.15, -0.1) is 0 Å². The smallest absolute Gasteiger partial charge is 0.129 e. The van der Waals surface area contributed by atoms with Crippen molar-refractivity contribution in [1.29, 1.82) is 0 Å². The number of rotatable bonds is 3. The second-order valence-corrected chi connectivity index (χ2v) is 5.66. The lowest BCUT2D eigenvalue weighted by Crippen LogP contribution is -2.44. The lowest BCUT2D eigenvalue weighted by Gasteiger charge is -2.32. The highest BCUT2D eigenvalue weighted by molar-refractivity contribution is 6.29. The van der Waals surface area contributed by atoms with Crippen LogP contribution in [0.25, 0.3) is 0 Å². The van der Waals surface area contributed by atoms with Crippen molar-refractivity contribution in [3.05, 3.63) is 29.0 Å². The molecular formula is C14H20ClN3O. The number of pyridine rings is 1. The van der Waals surface area contributed by atoms with Gasteiger partial charge in [0.1, 0.15) is 5.15 Å². The minimum Gasteiger partial charge on any atom is -0.379 e. The molecule has 4 nitrogen and oxygen atoms in total. The maximum atomic E-state index is 5.93. The van der Waals surface area contributed by atoms with Gasteiger partial charge < -0.3 is 4.74 Å². The number of halogens is 1. The Morgan fingerprint density at radius 3 is 2.89 bits per heavy atom. The van der Waals surface area contributed by atoms with Crippen LogP contribution in [-0.2, 0) is 11.3 Å². The Morgan fingerprint density at radius 1 is 1.26 bits per heavy atom. The van der Waals surface area contributed by atoms with Gasteiger partial charge in [0.05, 0.1) is 18.9 Å². The Labute approximate surface area is 119 Å². The van der Waals surface area contributed by atoms with Gasteiger partial charge in [-0.1, -0.05) is 17.7 Å². The molecule has 0 aliphatic carbocycles. The zero-order valence-electron chi connectivity index (χ0n) is 11.1. The number of hydrogen-bond donors (Lipinski definition) is 0. The molecule has 1 unspecified atom stereocenters. The predicted octanol–water partition coefficient (Wildman–Crippen LogP) is 1.64. The molecule has 3 rings (SSSR count). The summed E-state index contributed by atoms with van der Waals surface area (Å²) in [5.74, 6) is 0. The topological polar surface area (TPSA) is 28.6 Å². The van der Waals surface area contributed by atoms with E-state index in [2.05, 4.69) is 14.8 Å². The molecule has 2 fully saturated rings. The van der Waals surface area contributed by atoms with Gasteiger partial charge in [0.25, 0.3) is 0 Å². The predicted molar refractivity (Wildman–Crippen MR) is 75.3 cm³/mol. The average molecular weight is 282 g/mol. The molecule has 1 atom stereocenters. The largest absolute Gasteiger partial charge is 0.379 e. The summed E-state index contributed by atoms with van der Waals surface area (Å²) in [5.41, 5.74) is 1.06. The van der Waals surface area contributed by atoms with Gasteiger partial charge >= 0.3 is 0 Å². The van der Waals surface area contributed by atoms with Crippen LogP contribution in [0.1, 0.15) is 12.1 Å². The minimum absolute atomic E-state index is 0.585. The van der Waals surface area contributed by atoms with Crippen molar-refractivity contribution < 1.29 is 4.74 Å².